The topological polar surface area (TPSA) is 0 Å². The molecular formula is C38H26. The Hall–Kier alpha value is -4.94. The highest BCUT2D eigenvalue weighted by molar-refractivity contribution is 6.22. The molecule has 0 aliphatic heterocycles. The molecule has 0 aliphatic carbocycles. The van der Waals surface area contributed by atoms with Crippen molar-refractivity contribution in [1.82, 2.24) is 0 Å². The van der Waals surface area contributed by atoms with E-state index >= 15 is 0 Å². The normalized spacial score (nSPS) is 20.7. The largest absolute Gasteiger partial charge is 0.0636 e. The lowest BCUT2D eigenvalue weighted by molar-refractivity contribution is 1.60. The van der Waals surface area contributed by atoms with Crippen LogP contribution in [0, 0.1) is 0 Å². The monoisotopic (exact) mass is 508 g/mol. The molecule has 0 heterocycles. The molecule has 7 aromatic carbocycles. The van der Waals surface area contributed by atoms with Gasteiger partial charge in [0.15, 0.2) is 0 Å². The first kappa shape index (κ1) is 8.03. The van der Waals surface area contributed by atoms with Crippen molar-refractivity contribution in [2.24, 2.45) is 0 Å². The molecule has 0 spiro atoms. The fourth-order valence-electron chi connectivity index (χ4n) is 4.16. The molecule has 0 bridgehead atoms. The Morgan fingerprint density at radius 3 is 1.42 bits per heavy atom. The molecule has 0 nitrogen and oxygen atoms in total. The van der Waals surface area contributed by atoms with Gasteiger partial charge in [-0.3, -0.25) is 0 Å². The van der Waals surface area contributed by atoms with Gasteiger partial charge in [0.2, 0.25) is 0 Å². The van der Waals surface area contributed by atoms with Crippen molar-refractivity contribution < 1.29 is 35.6 Å². The minimum atomic E-state index is -1.11. The van der Waals surface area contributed by atoms with Gasteiger partial charge in [0.1, 0.15) is 0 Å². The minimum absolute atomic E-state index is 0.782. The average molecular weight is 509 g/mol. The lowest BCUT2D eigenvalue weighted by Gasteiger charge is -2.20. The summed E-state index contributed by atoms with van der Waals surface area (Å²) in [5.74, 6) is 0. The van der Waals surface area contributed by atoms with E-state index in [-0.39, 0.29) is 0 Å². The third-order valence-corrected chi connectivity index (χ3v) is 5.69. The second-order valence-electron chi connectivity index (χ2n) is 7.75. The van der Waals surface area contributed by atoms with Gasteiger partial charge in [-0.2, -0.15) is 0 Å². The fraction of sp³-hybridized carbons (Fsp3) is 0. The van der Waals surface area contributed by atoms with Crippen LogP contribution in [0.3, 0.4) is 0 Å². The molecule has 0 fully saturated rings. The number of fused-ring (bicyclic) bond motifs is 2. The number of hydrogen-bond donors (Lipinski definition) is 0. The molecule has 0 unspecified atom stereocenters. The van der Waals surface area contributed by atoms with E-state index in [1.807, 2.05) is 0 Å². The Morgan fingerprint density at radius 1 is 0.289 bits per heavy atom. The van der Waals surface area contributed by atoms with E-state index in [1.54, 1.807) is 0 Å². The molecule has 0 aliphatic rings. The molecule has 178 valence electrons. The molecule has 7 rings (SSSR count). The zero-order valence-electron chi connectivity index (χ0n) is 45.0. The summed E-state index contributed by atoms with van der Waals surface area (Å²) in [5, 5.41) is -3.23. The second kappa shape index (κ2) is 9.50. The Kier molecular flexibility index (Phi) is 2.01. The van der Waals surface area contributed by atoms with Crippen LogP contribution in [-0.2, 0) is 0 Å². The Labute approximate surface area is 260 Å². The van der Waals surface area contributed by atoms with Crippen molar-refractivity contribution in [3.8, 4) is 44.5 Å². The van der Waals surface area contributed by atoms with Crippen molar-refractivity contribution in [3.05, 3.63) is 157 Å². The summed E-state index contributed by atoms with van der Waals surface area (Å²) in [5.41, 5.74) is -6.70. The van der Waals surface area contributed by atoms with Gasteiger partial charge < -0.3 is 0 Å². The van der Waals surface area contributed by atoms with Crippen molar-refractivity contribution in [3.63, 3.8) is 0 Å². The van der Waals surface area contributed by atoms with Crippen LogP contribution in [0.1, 0.15) is 35.6 Å². The maximum atomic E-state index is 9.81. The van der Waals surface area contributed by atoms with Gasteiger partial charge in [0.25, 0.3) is 0 Å². The highest BCUT2D eigenvalue weighted by Crippen LogP contribution is 2.46. The first-order chi connectivity index (χ1) is 29.7. The van der Waals surface area contributed by atoms with E-state index in [0.717, 1.165) is 0 Å². The molecular weight excluding hydrogens is 456 g/mol. The molecule has 0 atom stereocenters. The number of hydrogen-bond acceptors (Lipinski definition) is 0. The quantitative estimate of drug-likeness (QED) is 0.207. The van der Waals surface area contributed by atoms with E-state index in [0.29, 0.717) is 0 Å². The third kappa shape index (κ3) is 3.79. The van der Waals surface area contributed by atoms with Gasteiger partial charge in [-0.05, 0) is 72.1 Å². The van der Waals surface area contributed by atoms with Crippen molar-refractivity contribution in [1.29, 1.82) is 0 Å². The third-order valence-electron chi connectivity index (χ3n) is 5.69. The van der Waals surface area contributed by atoms with E-state index in [2.05, 4.69) is 0 Å². The van der Waals surface area contributed by atoms with Crippen LogP contribution in [0.25, 0.3) is 66.1 Å². The zero-order valence-corrected chi connectivity index (χ0v) is 19.0. The predicted octanol–water partition coefficient (Wildman–Crippen LogP) is 10.7. The van der Waals surface area contributed by atoms with Crippen molar-refractivity contribution in [2.45, 2.75) is 0 Å². The summed E-state index contributed by atoms with van der Waals surface area (Å²) >= 11 is 0. The lowest BCUT2D eigenvalue weighted by atomic mass is 9.83. The van der Waals surface area contributed by atoms with Crippen molar-refractivity contribution >= 4 is 21.5 Å². The SMILES string of the molecule is [2H]c1c([2H])c([2H])c(-c2c([2H])c([2H])c([2H])c([2H])c2-c2c3c([2H])c([2H])c([2H])c([2H])c3c(-c3c([2H])c([2H])c([2H])c([2H])c3[2H])c3c([2H])c(-c4c([2H])c([2H])c([2H])c([2H])c4[2H])c([2H])c([2H])c23)c([2H])c1[2H]. The smallest absolute Gasteiger partial charge is 0.0622 e. The van der Waals surface area contributed by atoms with Crippen LogP contribution in [0.4, 0.5) is 0 Å². The maximum absolute atomic E-state index is 9.81. The summed E-state index contributed by atoms with van der Waals surface area (Å²) in [4.78, 5) is 0. The van der Waals surface area contributed by atoms with Gasteiger partial charge in [-0.25, -0.2) is 0 Å². The molecule has 0 saturated heterocycles. The van der Waals surface area contributed by atoms with Crippen molar-refractivity contribution in [2.75, 3.05) is 0 Å². The van der Waals surface area contributed by atoms with Crippen LogP contribution >= 0.6 is 0 Å². The minimum Gasteiger partial charge on any atom is -0.0622 e. The standard InChI is InChI=1S/C38H26/c1-4-14-27(15-5-1)30-24-25-35-36(26-30)37(29-18-8-3-9-19-29)33-22-12-13-23-34(33)38(35)32-21-11-10-20-31(32)28-16-6-2-7-17-28/h1-26H/i1D,2D,3D,4D,5D,6D,7D,8D,9D,10D,11D,12D,13D,14D,15D,16D,17D,18D,19D,20D,21D,22D,23D,24D,25D,26D. The number of rotatable bonds is 4. The van der Waals surface area contributed by atoms with Gasteiger partial charge in [0, 0.05) is 0 Å². The molecule has 0 aromatic heterocycles. The first-order valence-corrected chi connectivity index (χ1v) is 11.0. The van der Waals surface area contributed by atoms with Crippen LogP contribution < -0.4 is 0 Å². The Morgan fingerprint density at radius 2 is 0.763 bits per heavy atom. The fourth-order valence-corrected chi connectivity index (χ4v) is 4.16. The predicted molar refractivity (Wildman–Crippen MR) is 163 cm³/mol. The zero-order chi connectivity index (χ0) is 47.9. The molecule has 0 saturated carbocycles. The Bertz CT molecular complexity index is 3250. The summed E-state index contributed by atoms with van der Waals surface area (Å²) < 4.78 is 229. The van der Waals surface area contributed by atoms with E-state index in [9.17, 15) is 8.22 Å². The second-order valence-corrected chi connectivity index (χ2v) is 7.75. The maximum Gasteiger partial charge on any atom is 0.0636 e. The lowest BCUT2D eigenvalue weighted by Crippen LogP contribution is -1.93. The van der Waals surface area contributed by atoms with Gasteiger partial charge >= 0.3 is 0 Å². The van der Waals surface area contributed by atoms with Crippen LogP contribution in [0.15, 0.2) is 157 Å². The van der Waals surface area contributed by atoms with E-state index in [1.165, 1.54) is 0 Å². The average Bonchev–Trinajstić information content (AvgIpc) is 3.26. The summed E-state index contributed by atoms with van der Waals surface area (Å²) in [7, 11) is 0. The molecule has 7 aromatic rings. The summed E-state index contributed by atoms with van der Waals surface area (Å²) in [6.45, 7) is 0. The molecule has 0 amide bonds. The molecule has 0 N–H and O–H groups in total. The highest BCUT2D eigenvalue weighted by atomic mass is 14.2. The van der Waals surface area contributed by atoms with E-state index < -0.39 is 223 Å². The van der Waals surface area contributed by atoms with Crippen LogP contribution in [0.2, 0.25) is 0 Å². The first-order valence-electron chi connectivity index (χ1n) is 24.0. The molecule has 0 heteroatoms. The summed E-state index contributed by atoms with van der Waals surface area (Å²) in [6.07, 6.45) is 0. The van der Waals surface area contributed by atoms with E-state index in [4.69, 9.17) is 27.4 Å². The summed E-state index contributed by atoms with van der Waals surface area (Å²) in [6, 6.07) is -26.0. The Balaban J connectivity index is 1.99. The van der Waals surface area contributed by atoms with Gasteiger partial charge in [-0.15, -0.1) is 0 Å². The van der Waals surface area contributed by atoms with Gasteiger partial charge in [-0.1, -0.05) is 151 Å². The highest BCUT2D eigenvalue weighted by Gasteiger charge is 2.19. The molecule has 0 radical (unpaired) electrons. The van der Waals surface area contributed by atoms with Crippen LogP contribution in [-0.4, -0.2) is 0 Å². The molecule has 38 heavy (non-hydrogen) atoms. The van der Waals surface area contributed by atoms with Crippen LogP contribution in [0.5, 0.6) is 0 Å². The van der Waals surface area contributed by atoms with Gasteiger partial charge in [0.05, 0.1) is 35.6 Å². The number of benzene rings is 7.